The molecule has 0 aliphatic heterocycles. The average Bonchev–Trinajstić information content (AvgIpc) is 3.70. The summed E-state index contributed by atoms with van der Waals surface area (Å²) in [5, 5.41) is 5.16. The summed E-state index contributed by atoms with van der Waals surface area (Å²) in [4.78, 5) is 2.37. The molecule has 0 amide bonds. The first kappa shape index (κ1) is 35.6. The third-order valence-electron chi connectivity index (χ3n) is 11.7. The lowest BCUT2D eigenvalue weighted by molar-refractivity contribution is 1.28. The average molecular weight is 782 g/mol. The zero-order valence-electron chi connectivity index (χ0n) is 32.9. The van der Waals surface area contributed by atoms with E-state index in [1.807, 2.05) is 11.3 Å². The van der Waals surface area contributed by atoms with E-state index in [1.54, 1.807) is 0 Å². The SMILES string of the molecule is c1ccc(-c2ccc(-c3cccc(N(c4ccc(-c5cccc(-c6ccc7ccccc7c6)c5)cc4)c4ccc(-c5ccc6c(c5)sc5ccccc56)cc4)c3)cc2)cc1. The second-order valence-corrected chi connectivity index (χ2v) is 16.5. The molecule has 11 aromatic rings. The monoisotopic (exact) mass is 781 g/mol. The van der Waals surface area contributed by atoms with Crippen LogP contribution in [0.1, 0.15) is 0 Å². The van der Waals surface area contributed by atoms with Crippen LogP contribution in [0.4, 0.5) is 17.1 Å². The van der Waals surface area contributed by atoms with Gasteiger partial charge in [-0.15, -0.1) is 11.3 Å². The van der Waals surface area contributed by atoms with Crippen LogP contribution in [0, 0.1) is 0 Å². The Bertz CT molecular complexity index is 3290. The molecule has 0 aliphatic rings. The molecule has 10 aromatic carbocycles. The van der Waals surface area contributed by atoms with Gasteiger partial charge in [0.1, 0.15) is 0 Å². The largest absolute Gasteiger partial charge is 0.310 e. The van der Waals surface area contributed by atoms with Gasteiger partial charge in [0.25, 0.3) is 0 Å². The molecule has 0 unspecified atom stereocenters. The highest BCUT2D eigenvalue weighted by atomic mass is 32.1. The first-order valence-corrected chi connectivity index (χ1v) is 21.3. The zero-order chi connectivity index (χ0) is 39.8. The number of thiophene rings is 1. The summed E-state index contributed by atoms with van der Waals surface area (Å²) in [7, 11) is 0. The number of benzene rings is 10. The van der Waals surface area contributed by atoms with Gasteiger partial charge in [-0.1, -0.05) is 176 Å². The van der Waals surface area contributed by atoms with Crippen molar-refractivity contribution in [2.24, 2.45) is 0 Å². The lowest BCUT2D eigenvalue weighted by Gasteiger charge is -2.26. The predicted octanol–water partition coefficient (Wildman–Crippen LogP) is 17.0. The highest BCUT2D eigenvalue weighted by Crippen LogP contribution is 2.41. The molecule has 0 saturated carbocycles. The molecule has 60 heavy (non-hydrogen) atoms. The molecule has 1 nitrogen and oxygen atoms in total. The van der Waals surface area contributed by atoms with Gasteiger partial charge in [-0.3, -0.25) is 0 Å². The van der Waals surface area contributed by atoms with Crippen molar-refractivity contribution in [3.8, 4) is 55.6 Å². The molecule has 0 saturated heterocycles. The molecule has 0 fully saturated rings. The number of hydrogen-bond donors (Lipinski definition) is 0. The Morgan fingerprint density at radius 2 is 0.683 bits per heavy atom. The van der Waals surface area contributed by atoms with Gasteiger partial charge < -0.3 is 4.90 Å². The highest BCUT2D eigenvalue weighted by Gasteiger charge is 2.15. The first-order valence-electron chi connectivity index (χ1n) is 20.5. The van der Waals surface area contributed by atoms with Crippen molar-refractivity contribution in [2.75, 3.05) is 4.90 Å². The summed E-state index contributed by atoms with van der Waals surface area (Å²) in [6.45, 7) is 0. The molecule has 0 bridgehead atoms. The summed E-state index contributed by atoms with van der Waals surface area (Å²) in [6, 6.07) is 86.1. The van der Waals surface area contributed by atoms with Crippen LogP contribution in [0.2, 0.25) is 0 Å². The van der Waals surface area contributed by atoms with Crippen LogP contribution in [-0.2, 0) is 0 Å². The topological polar surface area (TPSA) is 3.24 Å². The molecular formula is C58H39NS. The summed E-state index contributed by atoms with van der Waals surface area (Å²) in [6.07, 6.45) is 0. The van der Waals surface area contributed by atoms with E-state index in [-0.39, 0.29) is 0 Å². The van der Waals surface area contributed by atoms with E-state index in [2.05, 4.69) is 241 Å². The molecule has 0 aliphatic carbocycles. The van der Waals surface area contributed by atoms with Gasteiger partial charge >= 0.3 is 0 Å². The Morgan fingerprint density at radius 1 is 0.233 bits per heavy atom. The van der Waals surface area contributed by atoms with Gasteiger partial charge in [0, 0.05) is 37.2 Å². The fourth-order valence-electron chi connectivity index (χ4n) is 8.52. The van der Waals surface area contributed by atoms with E-state index in [0.717, 1.165) is 17.1 Å². The Labute approximate surface area is 354 Å². The Hall–Kier alpha value is -7.52. The van der Waals surface area contributed by atoms with Crippen LogP contribution in [0.5, 0.6) is 0 Å². The van der Waals surface area contributed by atoms with E-state index in [9.17, 15) is 0 Å². The summed E-state index contributed by atoms with van der Waals surface area (Å²) >= 11 is 1.86. The van der Waals surface area contributed by atoms with Crippen molar-refractivity contribution in [3.63, 3.8) is 0 Å². The quantitative estimate of drug-likeness (QED) is 0.148. The van der Waals surface area contributed by atoms with Gasteiger partial charge in [0.05, 0.1) is 0 Å². The maximum absolute atomic E-state index is 2.37. The van der Waals surface area contributed by atoms with E-state index in [0.29, 0.717) is 0 Å². The smallest absolute Gasteiger partial charge is 0.0467 e. The van der Waals surface area contributed by atoms with Crippen molar-refractivity contribution in [2.45, 2.75) is 0 Å². The lowest BCUT2D eigenvalue weighted by atomic mass is 9.97. The van der Waals surface area contributed by atoms with E-state index >= 15 is 0 Å². The molecule has 0 atom stereocenters. The van der Waals surface area contributed by atoms with Crippen molar-refractivity contribution in [1.29, 1.82) is 0 Å². The molecule has 11 rings (SSSR count). The van der Waals surface area contributed by atoms with E-state index in [4.69, 9.17) is 0 Å². The molecule has 282 valence electrons. The fourth-order valence-corrected chi connectivity index (χ4v) is 9.66. The summed E-state index contributed by atoms with van der Waals surface area (Å²) in [5.41, 5.74) is 15.3. The number of nitrogens with zero attached hydrogens (tertiary/aromatic N) is 1. The number of anilines is 3. The normalized spacial score (nSPS) is 11.3. The minimum absolute atomic E-state index is 1.10. The molecule has 2 heteroatoms. The first-order chi connectivity index (χ1) is 29.7. The Kier molecular flexibility index (Phi) is 9.11. The van der Waals surface area contributed by atoms with Crippen LogP contribution >= 0.6 is 11.3 Å². The standard InChI is InChI=1S/C58H39NS/c1-2-10-40(11-3-1)42-20-22-43(23-21-42)49-16-9-17-54(38-49)59(53-33-28-45(29-34-53)51-30-35-56-55-18-6-7-19-57(55)60-58(56)39-51)52-31-26-44(27-32-52)47-14-8-15-48(36-47)50-25-24-41-12-4-5-13-46(41)37-50/h1-39H. The second kappa shape index (κ2) is 15.3. The molecule has 0 radical (unpaired) electrons. The van der Waals surface area contributed by atoms with Crippen LogP contribution in [0.3, 0.4) is 0 Å². The van der Waals surface area contributed by atoms with Crippen molar-refractivity contribution >= 4 is 59.3 Å². The van der Waals surface area contributed by atoms with Gasteiger partial charge in [-0.25, -0.2) is 0 Å². The highest BCUT2D eigenvalue weighted by molar-refractivity contribution is 7.25. The number of fused-ring (bicyclic) bond motifs is 4. The second-order valence-electron chi connectivity index (χ2n) is 15.4. The van der Waals surface area contributed by atoms with Gasteiger partial charge in [-0.05, 0) is 127 Å². The van der Waals surface area contributed by atoms with Crippen molar-refractivity contribution in [1.82, 2.24) is 0 Å². The zero-order valence-corrected chi connectivity index (χ0v) is 33.7. The third-order valence-corrected chi connectivity index (χ3v) is 12.8. The Balaban J connectivity index is 0.949. The maximum Gasteiger partial charge on any atom is 0.0467 e. The van der Waals surface area contributed by atoms with Crippen LogP contribution < -0.4 is 4.90 Å². The molecule has 0 spiro atoms. The third kappa shape index (κ3) is 6.83. The molecular weight excluding hydrogens is 743 g/mol. The predicted molar refractivity (Wildman–Crippen MR) is 259 cm³/mol. The molecule has 0 N–H and O–H groups in total. The minimum Gasteiger partial charge on any atom is -0.310 e. The van der Waals surface area contributed by atoms with Crippen LogP contribution in [-0.4, -0.2) is 0 Å². The van der Waals surface area contributed by atoms with E-state index in [1.165, 1.54) is 86.6 Å². The molecule has 1 aromatic heterocycles. The van der Waals surface area contributed by atoms with E-state index < -0.39 is 0 Å². The summed E-state index contributed by atoms with van der Waals surface area (Å²) < 4.78 is 2.64. The van der Waals surface area contributed by atoms with Crippen molar-refractivity contribution < 1.29 is 0 Å². The summed E-state index contributed by atoms with van der Waals surface area (Å²) in [5.74, 6) is 0. The Morgan fingerprint density at radius 3 is 1.40 bits per heavy atom. The van der Waals surface area contributed by atoms with Gasteiger partial charge in [-0.2, -0.15) is 0 Å². The van der Waals surface area contributed by atoms with Crippen molar-refractivity contribution in [3.05, 3.63) is 237 Å². The van der Waals surface area contributed by atoms with Crippen LogP contribution in [0.25, 0.3) is 86.6 Å². The maximum atomic E-state index is 2.37. The fraction of sp³-hybridized carbons (Fsp3) is 0. The number of hydrogen-bond acceptors (Lipinski definition) is 2. The van der Waals surface area contributed by atoms with Gasteiger partial charge in [0.2, 0.25) is 0 Å². The lowest BCUT2D eigenvalue weighted by Crippen LogP contribution is -2.10. The van der Waals surface area contributed by atoms with Gasteiger partial charge in [0.15, 0.2) is 0 Å². The van der Waals surface area contributed by atoms with Crippen LogP contribution in [0.15, 0.2) is 237 Å². The minimum atomic E-state index is 1.10. The molecule has 1 heterocycles. The number of rotatable bonds is 8.